The fraction of sp³-hybridized carbons (Fsp3) is 0.364. The molecule has 0 atom stereocenters. The molecule has 0 aliphatic rings. The molecule has 0 heterocycles. The Morgan fingerprint density at radius 3 is 2.75 bits per heavy atom. The van der Waals surface area contributed by atoms with Crippen LogP contribution in [0.4, 0.5) is 4.39 Å². The Morgan fingerprint density at radius 2 is 2.19 bits per heavy atom. The van der Waals surface area contributed by atoms with E-state index in [0.29, 0.717) is 18.4 Å². The molecule has 4 nitrogen and oxygen atoms in total. The highest BCUT2D eigenvalue weighted by Crippen LogP contribution is 2.27. The van der Waals surface area contributed by atoms with Crippen molar-refractivity contribution in [3.63, 3.8) is 0 Å². The summed E-state index contributed by atoms with van der Waals surface area (Å²) in [4.78, 5) is 10.3. The van der Waals surface area contributed by atoms with Gasteiger partial charge in [0.2, 0.25) is 0 Å². The number of ether oxygens (including phenoxy) is 1. The average Bonchev–Trinajstić information content (AvgIpc) is 2.20. The van der Waals surface area contributed by atoms with Crippen LogP contribution >= 0.6 is 0 Å². The smallest absolute Gasteiger partial charge is 0.303 e. The van der Waals surface area contributed by atoms with Crippen molar-refractivity contribution < 1.29 is 24.1 Å². The van der Waals surface area contributed by atoms with Crippen LogP contribution in [0, 0.1) is 5.82 Å². The van der Waals surface area contributed by atoms with E-state index in [1.165, 1.54) is 13.2 Å². The summed E-state index contributed by atoms with van der Waals surface area (Å²) in [6.07, 6.45) is 0.769. The first-order valence-electron chi connectivity index (χ1n) is 4.81. The predicted molar refractivity (Wildman–Crippen MR) is 55.2 cm³/mol. The Kier molecular flexibility index (Phi) is 4.10. The minimum atomic E-state index is -0.895. The fourth-order valence-electron chi connectivity index (χ4n) is 1.37. The number of halogens is 1. The maximum absolute atomic E-state index is 13.1. The Morgan fingerprint density at radius 1 is 1.50 bits per heavy atom. The van der Waals surface area contributed by atoms with Gasteiger partial charge in [0, 0.05) is 12.5 Å². The largest absolute Gasteiger partial charge is 0.508 e. The lowest BCUT2D eigenvalue weighted by Crippen LogP contribution is -1.97. The quantitative estimate of drug-likeness (QED) is 0.808. The van der Waals surface area contributed by atoms with Gasteiger partial charge in [-0.1, -0.05) is 0 Å². The Labute approximate surface area is 92.3 Å². The van der Waals surface area contributed by atoms with Crippen molar-refractivity contribution in [3.8, 4) is 11.5 Å². The molecule has 0 spiro atoms. The van der Waals surface area contributed by atoms with E-state index in [1.807, 2.05) is 0 Å². The summed E-state index contributed by atoms with van der Waals surface area (Å²) in [6.45, 7) is 0. The number of carboxylic acid groups (broad SMARTS) is 1. The normalized spacial score (nSPS) is 10.1. The standard InChI is InChI=1S/C11H13FO4/c1-16-10-5-7(3-2-4-11(14)15)9(13)6-8(10)12/h5-6,13H,2-4H2,1H3,(H,14,15). The number of hydrogen-bond acceptors (Lipinski definition) is 3. The van der Waals surface area contributed by atoms with Gasteiger partial charge < -0.3 is 14.9 Å². The average molecular weight is 228 g/mol. The lowest BCUT2D eigenvalue weighted by atomic mass is 10.1. The monoisotopic (exact) mass is 228 g/mol. The molecule has 0 bridgehead atoms. The first kappa shape index (κ1) is 12.3. The van der Waals surface area contributed by atoms with Gasteiger partial charge >= 0.3 is 5.97 Å². The molecule has 16 heavy (non-hydrogen) atoms. The molecule has 0 amide bonds. The minimum absolute atomic E-state index is 0.0130. The molecule has 1 aromatic carbocycles. The van der Waals surface area contributed by atoms with E-state index >= 15 is 0 Å². The minimum Gasteiger partial charge on any atom is -0.508 e. The highest BCUT2D eigenvalue weighted by Gasteiger charge is 2.10. The summed E-state index contributed by atoms with van der Waals surface area (Å²) < 4.78 is 17.9. The van der Waals surface area contributed by atoms with Gasteiger partial charge in [0.25, 0.3) is 0 Å². The summed E-state index contributed by atoms with van der Waals surface area (Å²) in [5, 5.41) is 17.9. The number of aliphatic carboxylic acids is 1. The molecule has 2 N–H and O–H groups in total. The van der Waals surface area contributed by atoms with Crippen molar-refractivity contribution in [1.29, 1.82) is 0 Å². The molecular formula is C11H13FO4. The number of phenols is 1. The van der Waals surface area contributed by atoms with E-state index in [9.17, 15) is 14.3 Å². The second-order valence-corrected chi connectivity index (χ2v) is 3.36. The molecule has 88 valence electrons. The predicted octanol–water partition coefficient (Wildman–Crippen LogP) is 1.95. The highest BCUT2D eigenvalue weighted by molar-refractivity contribution is 5.66. The van der Waals surface area contributed by atoms with Crippen LogP contribution in [-0.2, 0) is 11.2 Å². The van der Waals surface area contributed by atoms with Crippen LogP contribution in [0.15, 0.2) is 12.1 Å². The van der Waals surface area contributed by atoms with Crippen molar-refractivity contribution in [2.75, 3.05) is 7.11 Å². The summed E-state index contributed by atoms with van der Waals surface area (Å²) in [6, 6.07) is 2.35. The molecule has 0 radical (unpaired) electrons. The zero-order valence-electron chi connectivity index (χ0n) is 8.86. The number of phenolic OH excluding ortho intramolecular Hbond substituents is 1. The summed E-state index contributed by atoms with van der Waals surface area (Å²) >= 11 is 0. The van der Waals surface area contributed by atoms with Crippen LogP contribution in [0.2, 0.25) is 0 Å². The molecular weight excluding hydrogens is 215 g/mol. The molecule has 0 aliphatic heterocycles. The molecule has 0 fully saturated rings. The summed E-state index contributed by atoms with van der Waals surface area (Å²) in [5.41, 5.74) is 0.486. The maximum atomic E-state index is 13.1. The third-order valence-electron chi connectivity index (χ3n) is 2.19. The third kappa shape index (κ3) is 3.12. The van der Waals surface area contributed by atoms with Crippen molar-refractivity contribution in [3.05, 3.63) is 23.5 Å². The first-order chi connectivity index (χ1) is 7.54. The highest BCUT2D eigenvalue weighted by atomic mass is 19.1. The van der Waals surface area contributed by atoms with Crippen molar-refractivity contribution >= 4 is 5.97 Å². The second kappa shape index (κ2) is 5.34. The summed E-state index contributed by atoms with van der Waals surface area (Å²) in [7, 11) is 1.33. The number of rotatable bonds is 5. The van der Waals surface area contributed by atoms with E-state index in [2.05, 4.69) is 0 Å². The van der Waals surface area contributed by atoms with E-state index in [4.69, 9.17) is 9.84 Å². The number of hydrogen-bond donors (Lipinski definition) is 2. The number of benzene rings is 1. The van der Waals surface area contributed by atoms with Gasteiger partial charge in [-0.05, 0) is 24.5 Å². The number of aryl methyl sites for hydroxylation is 1. The maximum Gasteiger partial charge on any atom is 0.303 e. The zero-order chi connectivity index (χ0) is 12.1. The van der Waals surface area contributed by atoms with Crippen LogP contribution in [0.3, 0.4) is 0 Å². The van der Waals surface area contributed by atoms with Crippen LogP contribution in [0.1, 0.15) is 18.4 Å². The Bertz CT molecular complexity index is 390. The van der Waals surface area contributed by atoms with Gasteiger partial charge in [-0.2, -0.15) is 0 Å². The third-order valence-corrected chi connectivity index (χ3v) is 2.19. The summed E-state index contributed by atoms with van der Waals surface area (Å²) in [5.74, 6) is -1.66. The van der Waals surface area contributed by atoms with Crippen LogP contribution in [0.25, 0.3) is 0 Å². The van der Waals surface area contributed by atoms with Crippen LogP contribution in [-0.4, -0.2) is 23.3 Å². The second-order valence-electron chi connectivity index (χ2n) is 3.36. The van der Waals surface area contributed by atoms with E-state index < -0.39 is 11.8 Å². The lowest BCUT2D eigenvalue weighted by Gasteiger charge is -2.07. The number of methoxy groups -OCH3 is 1. The molecule has 0 unspecified atom stereocenters. The van der Waals surface area contributed by atoms with E-state index in [0.717, 1.165) is 6.07 Å². The molecule has 0 saturated heterocycles. The topological polar surface area (TPSA) is 66.8 Å². The zero-order valence-corrected chi connectivity index (χ0v) is 8.86. The van der Waals surface area contributed by atoms with Crippen LogP contribution < -0.4 is 4.74 Å². The number of aromatic hydroxyl groups is 1. The van der Waals surface area contributed by atoms with Crippen LogP contribution in [0.5, 0.6) is 11.5 Å². The fourth-order valence-corrected chi connectivity index (χ4v) is 1.37. The molecule has 0 aromatic heterocycles. The molecule has 5 heteroatoms. The molecule has 0 aliphatic carbocycles. The number of carbonyl (C=O) groups is 1. The van der Waals surface area contributed by atoms with Gasteiger partial charge in [0.1, 0.15) is 5.75 Å². The molecule has 0 saturated carbocycles. The van der Waals surface area contributed by atoms with Crippen molar-refractivity contribution in [2.45, 2.75) is 19.3 Å². The Hall–Kier alpha value is -1.78. The van der Waals surface area contributed by atoms with Gasteiger partial charge in [-0.3, -0.25) is 4.79 Å². The SMILES string of the molecule is COc1cc(CCCC(=O)O)c(O)cc1F. The van der Waals surface area contributed by atoms with E-state index in [-0.39, 0.29) is 17.9 Å². The Balaban J connectivity index is 2.75. The van der Waals surface area contributed by atoms with Gasteiger partial charge in [0.05, 0.1) is 7.11 Å². The number of carboxylic acids is 1. The van der Waals surface area contributed by atoms with Gasteiger partial charge in [0.15, 0.2) is 11.6 Å². The van der Waals surface area contributed by atoms with E-state index in [1.54, 1.807) is 0 Å². The van der Waals surface area contributed by atoms with Crippen molar-refractivity contribution in [1.82, 2.24) is 0 Å². The van der Waals surface area contributed by atoms with Gasteiger partial charge in [-0.15, -0.1) is 0 Å². The molecule has 1 rings (SSSR count). The lowest BCUT2D eigenvalue weighted by molar-refractivity contribution is -0.137. The van der Waals surface area contributed by atoms with Gasteiger partial charge in [-0.25, -0.2) is 4.39 Å². The van der Waals surface area contributed by atoms with Crippen molar-refractivity contribution in [2.24, 2.45) is 0 Å². The first-order valence-corrected chi connectivity index (χ1v) is 4.81. The molecule has 1 aromatic rings.